The number of anilines is 2. The molecule has 2 aromatic rings. The van der Waals surface area contributed by atoms with Crippen LogP contribution in [0.2, 0.25) is 0 Å². The molecule has 0 spiro atoms. The number of para-hydroxylation sites is 1. The normalized spacial score (nSPS) is 18.9. The van der Waals surface area contributed by atoms with Gasteiger partial charge in [-0.2, -0.15) is 4.31 Å². The quantitative estimate of drug-likeness (QED) is 0.705. The van der Waals surface area contributed by atoms with Crippen LogP contribution in [0.4, 0.5) is 11.4 Å². The summed E-state index contributed by atoms with van der Waals surface area (Å²) >= 11 is 1.38. The van der Waals surface area contributed by atoms with Crippen molar-refractivity contribution in [2.45, 2.75) is 29.1 Å². The molecule has 5 rings (SSSR count). The van der Waals surface area contributed by atoms with E-state index in [1.165, 1.54) is 21.0 Å². The number of hydrogen-bond acceptors (Lipinski definition) is 5. The number of sulfonamides is 1. The Morgan fingerprint density at radius 2 is 1.77 bits per heavy atom. The van der Waals surface area contributed by atoms with Gasteiger partial charge in [0.15, 0.2) is 0 Å². The van der Waals surface area contributed by atoms with Gasteiger partial charge in [-0.1, -0.05) is 18.2 Å². The van der Waals surface area contributed by atoms with Gasteiger partial charge in [-0.25, -0.2) is 8.42 Å². The first-order chi connectivity index (χ1) is 14.9. The van der Waals surface area contributed by atoms with E-state index in [4.69, 9.17) is 0 Å². The van der Waals surface area contributed by atoms with Gasteiger partial charge in [0, 0.05) is 30.2 Å². The SMILES string of the molecule is O=C(CN1C(=O)CSc2ccc(S(=O)(=O)N3CCCC3)cc21)N1CCc2ccccc21. The fourth-order valence-electron chi connectivity index (χ4n) is 4.41. The minimum atomic E-state index is -3.61. The fraction of sp³-hybridized carbons (Fsp3) is 0.364. The highest BCUT2D eigenvalue weighted by atomic mass is 32.2. The molecule has 2 amide bonds. The number of thioether (sulfide) groups is 1. The summed E-state index contributed by atoms with van der Waals surface area (Å²) in [6.45, 7) is 1.52. The van der Waals surface area contributed by atoms with Gasteiger partial charge in [0.25, 0.3) is 0 Å². The Morgan fingerprint density at radius 3 is 2.58 bits per heavy atom. The van der Waals surface area contributed by atoms with Crippen molar-refractivity contribution in [3.05, 3.63) is 48.0 Å². The summed E-state index contributed by atoms with van der Waals surface area (Å²) in [6, 6.07) is 12.7. The molecule has 0 N–H and O–H groups in total. The van der Waals surface area contributed by atoms with E-state index >= 15 is 0 Å². The van der Waals surface area contributed by atoms with Gasteiger partial charge in [-0.05, 0) is 49.1 Å². The smallest absolute Gasteiger partial charge is 0.247 e. The van der Waals surface area contributed by atoms with Crippen LogP contribution in [0, 0.1) is 0 Å². The van der Waals surface area contributed by atoms with Crippen molar-refractivity contribution < 1.29 is 18.0 Å². The Hall–Kier alpha value is -2.36. The topological polar surface area (TPSA) is 78.0 Å². The van der Waals surface area contributed by atoms with Crippen LogP contribution in [-0.4, -0.2) is 56.5 Å². The highest BCUT2D eigenvalue weighted by Gasteiger charge is 2.33. The van der Waals surface area contributed by atoms with Gasteiger partial charge in [0.05, 0.1) is 16.3 Å². The second-order valence-corrected chi connectivity index (χ2v) is 10.9. The van der Waals surface area contributed by atoms with Crippen molar-refractivity contribution in [1.82, 2.24) is 4.31 Å². The number of carbonyl (C=O) groups excluding carboxylic acids is 2. The van der Waals surface area contributed by atoms with Crippen molar-refractivity contribution in [2.24, 2.45) is 0 Å². The first-order valence-corrected chi connectivity index (χ1v) is 12.8. The van der Waals surface area contributed by atoms with Crippen molar-refractivity contribution in [3.8, 4) is 0 Å². The number of hydrogen-bond donors (Lipinski definition) is 0. The minimum Gasteiger partial charge on any atom is -0.310 e. The monoisotopic (exact) mass is 457 g/mol. The zero-order chi connectivity index (χ0) is 21.6. The Morgan fingerprint density at radius 1 is 1.00 bits per heavy atom. The summed E-state index contributed by atoms with van der Waals surface area (Å²) in [5, 5.41) is 0. The molecule has 3 aliphatic heterocycles. The van der Waals surface area contributed by atoms with E-state index in [9.17, 15) is 18.0 Å². The molecule has 0 saturated carbocycles. The van der Waals surface area contributed by atoms with E-state index in [-0.39, 0.29) is 29.0 Å². The first kappa shape index (κ1) is 20.5. The number of benzene rings is 2. The first-order valence-electron chi connectivity index (χ1n) is 10.4. The summed E-state index contributed by atoms with van der Waals surface area (Å²) in [4.78, 5) is 30.0. The lowest BCUT2D eigenvalue weighted by Crippen LogP contribution is -2.44. The highest BCUT2D eigenvalue weighted by Crippen LogP contribution is 2.38. The number of amides is 2. The molecule has 0 aliphatic carbocycles. The van der Waals surface area contributed by atoms with Crippen molar-refractivity contribution in [2.75, 3.05) is 41.7 Å². The highest BCUT2D eigenvalue weighted by molar-refractivity contribution is 8.00. The molecular formula is C22H23N3O4S2. The molecule has 3 heterocycles. The predicted molar refractivity (Wildman–Crippen MR) is 120 cm³/mol. The summed E-state index contributed by atoms with van der Waals surface area (Å²) < 4.78 is 27.5. The third-order valence-electron chi connectivity index (χ3n) is 6.06. The Labute approximate surface area is 186 Å². The third-order valence-corrected chi connectivity index (χ3v) is 9.00. The molecule has 0 aromatic heterocycles. The van der Waals surface area contributed by atoms with Crippen LogP contribution in [-0.2, 0) is 26.0 Å². The van der Waals surface area contributed by atoms with Crippen LogP contribution in [0.15, 0.2) is 52.3 Å². The van der Waals surface area contributed by atoms with Gasteiger partial charge in [-0.3, -0.25) is 9.59 Å². The molecule has 1 fully saturated rings. The molecule has 7 nitrogen and oxygen atoms in total. The van der Waals surface area contributed by atoms with Crippen molar-refractivity contribution >= 4 is 45.0 Å². The maximum atomic E-state index is 13.1. The van der Waals surface area contributed by atoms with Gasteiger partial charge in [0.1, 0.15) is 6.54 Å². The molecule has 3 aliphatic rings. The van der Waals surface area contributed by atoms with Gasteiger partial charge in [-0.15, -0.1) is 11.8 Å². The average Bonchev–Trinajstić information content (AvgIpc) is 3.46. The Bertz CT molecular complexity index is 1160. The zero-order valence-corrected chi connectivity index (χ0v) is 18.6. The van der Waals surface area contributed by atoms with Crippen LogP contribution in [0.5, 0.6) is 0 Å². The van der Waals surface area contributed by atoms with Gasteiger partial charge >= 0.3 is 0 Å². The maximum Gasteiger partial charge on any atom is 0.247 e. The molecule has 31 heavy (non-hydrogen) atoms. The van der Waals surface area contributed by atoms with E-state index in [0.29, 0.717) is 25.3 Å². The molecule has 9 heteroatoms. The van der Waals surface area contributed by atoms with Crippen LogP contribution < -0.4 is 9.80 Å². The van der Waals surface area contributed by atoms with Crippen LogP contribution in [0.1, 0.15) is 18.4 Å². The summed E-state index contributed by atoms with van der Waals surface area (Å²) in [5.41, 5.74) is 2.51. The van der Waals surface area contributed by atoms with E-state index in [1.807, 2.05) is 24.3 Å². The lowest BCUT2D eigenvalue weighted by molar-refractivity contribution is -0.121. The average molecular weight is 458 g/mol. The molecule has 162 valence electrons. The molecule has 1 saturated heterocycles. The lowest BCUT2D eigenvalue weighted by atomic mass is 10.2. The second kappa shape index (κ2) is 7.96. The number of rotatable bonds is 4. The molecule has 0 radical (unpaired) electrons. The summed E-state index contributed by atoms with van der Waals surface area (Å²) in [5.74, 6) is -0.118. The van der Waals surface area contributed by atoms with Crippen molar-refractivity contribution in [3.63, 3.8) is 0 Å². The van der Waals surface area contributed by atoms with Crippen LogP contribution in [0.25, 0.3) is 0 Å². The van der Waals surface area contributed by atoms with E-state index < -0.39 is 10.0 Å². The lowest BCUT2D eigenvalue weighted by Gasteiger charge is -2.30. The molecule has 0 unspecified atom stereocenters. The van der Waals surface area contributed by atoms with E-state index in [0.717, 1.165) is 35.4 Å². The molecular weight excluding hydrogens is 434 g/mol. The number of carbonyl (C=O) groups is 2. The zero-order valence-electron chi connectivity index (χ0n) is 17.0. The van der Waals surface area contributed by atoms with Gasteiger partial charge < -0.3 is 9.80 Å². The molecule has 2 aromatic carbocycles. The Balaban J connectivity index is 1.44. The molecule has 0 atom stereocenters. The van der Waals surface area contributed by atoms with Crippen LogP contribution in [0.3, 0.4) is 0 Å². The Kier molecular flexibility index (Phi) is 5.27. The third kappa shape index (κ3) is 3.64. The maximum absolute atomic E-state index is 13.1. The molecule has 0 bridgehead atoms. The van der Waals surface area contributed by atoms with Gasteiger partial charge in [0.2, 0.25) is 21.8 Å². The predicted octanol–water partition coefficient (Wildman–Crippen LogP) is 2.50. The number of fused-ring (bicyclic) bond motifs is 2. The van der Waals surface area contributed by atoms with E-state index in [2.05, 4.69) is 0 Å². The van der Waals surface area contributed by atoms with Crippen molar-refractivity contribution in [1.29, 1.82) is 0 Å². The standard InChI is InChI=1S/C22H23N3O4S2/c26-21(24-12-9-16-5-1-2-6-18(16)24)14-25-19-13-17(7-8-20(19)30-15-22(25)27)31(28,29)23-10-3-4-11-23/h1-2,5-8,13H,3-4,9-12,14-15H2. The summed E-state index contributed by atoms with van der Waals surface area (Å²) in [6.07, 6.45) is 2.51. The minimum absolute atomic E-state index is 0.103. The summed E-state index contributed by atoms with van der Waals surface area (Å²) in [7, 11) is -3.61. The van der Waals surface area contributed by atoms with Crippen LogP contribution >= 0.6 is 11.8 Å². The second-order valence-electron chi connectivity index (χ2n) is 7.93. The largest absolute Gasteiger partial charge is 0.310 e. The fourth-order valence-corrected chi connectivity index (χ4v) is 6.86. The number of nitrogens with zero attached hydrogens (tertiary/aromatic N) is 3. The van der Waals surface area contributed by atoms with E-state index in [1.54, 1.807) is 23.1 Å².